The number of aliphatic imine (C=N–C) groups is 1. The summed E-state index contributed by atoms with van der Waals surface area (Å²) >= 11 is 0. The maximum absolute atomic E-state index is 6.02. The Morgan fingerprint density at radius 1 is 1.22 bits per heavy atom. The van der Waals surface area contributed by atoms with Crippen molar-refractivity contribution in [3.8, 4) is 0 Å². The third-order valence-corrected chi connectivity index (χ3v) is 4.14. The molecular formula is C13H23BN2O2. The van der Waals surface area contributed by atoms with Gasteiger partial charge in [0, 0.05) is 17.7 Å². The van der Waals surface area contributed by atoms with Crippen molar-refractivity contribution in [2.45, 2.75) is 58.2 Å². The second kappa shape index (κ2) is 4.70. The van der Waals surface area contributed by atoms with Crippen LogP contribution in [-0.2, 0) is 9.31 Å². The Kier molecular flexibility index (Phi) is 3.56. The average Bonchev–Trinajstić information content (AvgIpc) is 2.50. The molecule has 2 aliphatic rings. The summed E-state index contributed by atoms with van der Waals surface area (Å²) in [6.45, 7) is 9.06. The minimum Gasteiger partial charge on any atom is -0.405 e. The zero-order valence-electron chi connectivity index (χ0n) is 11.8. The maximum Gasteiger partial charge on any atom is 0.498 e. The molecule has 0 spiro atoms. The fourth-order valence-corrected chi connectivity index (χ4v) is 2.21. The molecule has 0 radical (unpaired) electrons. The summed E-state index contributed by atoms with van der Waals surface area (Å²) in [5.41, 5.74) is 7.03. The van der Waals surface area contributed by atoms with Gasteiger partial charge < -0.3 is 15.0 Å². The quantitative estimate of drug-likeness (QED) is 0.763. The molecule has 0 saturated carbocycles. The van der Waals surface area contributed by atoms with Crippen LogP contribution < -0.4 is 5.73 Å². The summed E-state index contributed by atoms with van der Waals surface area (Å²) in [5, 5.41) is 0. The van der Waals surface area contributed by atoms with E-state index in [9.17, 15) is 0 Å². The summed E-state index contributed by atoms with van der Waals surface area (Å²) in [4.78, 5) is 4.55. The molecule has 2 rings (SSSR count). The Morgan fingerprint density at radius 2 is 1.83 bits per heavy atom. The van der Waals surface area contributed by atoms with E-state index in [4.69, 9.17) is 15.0 Å². The Balaban J connectivity index is 2.19. The van der Waals surface area contributed by atoms with Gasteiger partial charge in [-0.05, 0) is 53.2 Å². The van der Waals surface area contributed by atoms with Crippen LogP contribution >= 0.6 is 0 Å². The van der Waals surface area contributed by atoms with Gasteiger partial charge in [0.2, 0.25) is 0 Å². The van der Waals surface area contributed by atoms with Crippen molar-refractivity contribution in [1.29, 1.82) is 0 Å². The molecular weight excluding hydrogens is 227 g/mol. The molecule has 5 heteroatoms. The van der Waals surface area contributed by atoms with E-state index in [0.717, 1.165) is 37.0 Å². The van der Waals surface area contributed by atoms with Crippen LogP contribution in [-0.4, -0.2) is 30.6 Å². The molecule has 0 aromatic heterocycles. The van der Waals surface area contributed by atoms with Crippen LogP contribution in [0.3, 0.4) is 0 Å². The number of hydrogen-bond acceptors (Lipinski definition) is 4. The first-order chi connectivity index (χ1) is 8.37. The average molecular weight is 250 g/mol. The van der Waals surface area contributed by atoms with Gasteiger partial charge in [0.25, 0.3) is 0 Å². The molecule has 0 bridgehead atoms. The SMILES string of the molecule is CC1(C)OB(C(=CN)C2=NCCCC2)OC1(C)C. The van der Waals surface area contributed by atoms with E-state index in [1.165, 1.54) is 0 Å². The van der Waals surface area contributed by atoms with Crippen molar-refractivity contribution in [2.75, 3.05) is 6.54 Å². The zero-order chi connectivity index (χ0) is 13.4. The predicted octanol–water partition coefficient (Wildman–Crippen LogP) is 2.09. The van der Waals surface area contributed by atoms with Crippen LogP contribution in [0.15, 0.2) is 16.7 Å². The predicted molar refractivity (Wildman–Crippen MR) is 74.5 cm³/mol. The largest absolute Gasteiger partial charge is 0.498 e. The molecule has 18 heavy (non-hydrogen) atoms. The van der Waals surface area contributed by atoms with Crippen molar-refractivity contribution in [2.24, 2.45) is 10.7 Å². The van der Waals surface area contributed by atoms with E-state index in [1.807, 2.05) is 27.7 Å². The second-order valence-corrected chi connectivity index (χ2v) is 6.00. The molecule has 1 fully saturated rings. The van der Waals surface area contributed by atoms with Crippen molar-refractivity contribution in [3.05, 3.63) is 11.7 Å². The number of hydrogen-bond donors (Lipinski definition) is 1. The van der Waals surface area contributed by atoms with Gasteiger partial charge in [0.1, 0.15) is 0 Å². The van der Waals surface area contributed by atoms with Crippen LogP contribution in [0.4, 0.5) is 0 Å². The Bertz CT molecular complexity index is 372. The molecule has 100 valence electrons. The first-order valence-corrected chi connectivity index (χ1v) is 6.68. The van der Waals surface area contributed by atoms with E-state index in [1.54, 1.807) is 6.20 Å². The molecule has 1 saturated heterocycles. The van der Waals surface area contributed by atoms with Gasteiger partial charge in [-0.3, -0.25) is 4.99 Å². The molecule has 0 aliphatic carbocycles. The maximum atomic E-state index is 6.02. The van der Waals surface area contributed by atoms with Crippen LogP contribution in [0.1, 0.15) is 47.0 Å². The van der Waals surface area contributed by atoms with Crippen molar-refractivity contribution in [3.63, 3.8) is 0 Å². The molecule has 0 unspecified atom stereocenters. The van der Waals surface area contributed by atoms with E-state index in [2.05, 4.69) is 4.99 Å². The highest BCUT2D eigenvalue weighted by atomic mass is 16.7. The van der Waals surface area contributed by atoms with Crippen LogP contribution in [0.25, 0.3) is 0 Å². The zero-order valence-corrected chi connectivity index (χ0v) is 11.8. The highest BCUT2D eigenvalue weighted by Gasteiger charge is 2.53. The standard InChI is InChI=1S/C13H23BN2O2/c1-12(2)13(3,4)18-14(17-12)10(9-15)11-7-5-6-8-16-11/h9H,5-8,15H2,1-4H3. The van der Waals surface area contributed by atoms with Gasteiger partial charge in [0.15, 0.2) is 0 Å². The van der Waals surface area contributed by atoms with Crippen molar-refractivity contribution < 1.29 is 9.31 Å². The van der Waals surface area contributed by atoms with E-state index >= 15 is 0 Å². The molecule has 0 aromatic carbocycles. The topological polar surface area (TPSA) is 56.8 Å². The molecule has 2 aliphatic heterocycles. The van der Waals surface area contributed by atoms with Gasteiger partial charge in [-0.15, -0.1) is 0 Å². The fourth-order valence-electron chi connectivity index (χ4n) is 2.21. The minimum absolute atomic E-state index is 0.332. The van der Waals surface area contributed by atoms with E-state index in [-0.39, 0.29) is 11.2 Å². The van der Waals surface area contributed by atoms with E-state index in [0.29, 0.717) is 0 Å². The summed E-state index contributed by atoms with van der Waals surface area (Å²) in [6, 6.07) is 0. The first-order valence-electron chi connectivity index (χ1n) is 6.68. The summed E-state index contributed by atoms with van der Waals surface area (Å²) in [7, 11) is -0.392. The number of rotatable bonds is 2. The Morgan fingerprint density at radius 3 is 2.28 bits per heavy atom. The van der Waals surface area contributed by atoms with Crippen LogP contribution in [0, 0.1) is 0 Å². The number of nitrogens with zero attached hydrogens (tertiary/aromatic N) is 1. The Labute approximate surface area is 110 Å². The normalized spacial score (nSPS) is 27.2. The van der Waals surface area contributed by atoms with Gasteiger partial charge in [-0.25, -0.2) is 0 Å². The second-order valence-electron chi connectivity index (χ2n) is 6.00. The van der Waals surface area contributed by atoms with Gasteiger partial charge in [0.05, 0.1) is 11.2 Å². The van der Waals surface area contributed by atoms with Gasteiger partial charge in [-0.1, -0.05) is 0 Å². The van der Waals surface area contributed by atoms with Crippen molar-refractivity contribution >= 4 is 12.8 Å². The Hall–Kier alpha value is -0.805. The third kappa shape index (κ3) is 2.34. The van der Waals surface area contributed by atoms with E-state index < -0.39 is 7.12 Å². The van der Waals surface area contributed by atoms with Crippen LogP contribution in [0.5, 0.6) is 0 Å². The molecule has 4 nitrogen and oxygen atoms in total. The lowest BCUT2D eigenvalue weighted by Gasteiger charge is -2.32. The lowest BCUT2D eigenvalue weighted by atomic mass is 9.74. The highest BCUT2D eigenvalue weighted by molar-refractivity contribution is 6.62. The third-order valence-electron chi connectivity index (χ3n) is 4.14. The molecule has 0 atom stereocenters. The minimum atomic E-state index is -0.392. The highest BCUT2D eigenvalue weighted by Crippen LogP contribution is 2.39. The van der Waals surface area contributed by atoms with Gasteiger partial charge >= 0.3 is 7.12 Å². The summed E-state index contributed by atoms with van der Waals surface area (Å²) in [5.74, 6) is 0. The number of allylic oxidation sites excluding steroid dienone is 1. The van der Waals surface area contributed by atoms with Crippen molar-refractivity contribution in [1.82, 2.24) is 0 Å². The lowest BCUT2D eigenvalue weighted by Crippen LogP contribution is -2.41. The first kappa shape index (κ1) is 13.6. The van der Waals surface area contributed by atoms with Crippen LogP contribution in [0.2, 0.25) is 0 Å². The van der Waals surface area contributed by atoms with Gasteiger partial charge in [-0.2, -0.15) is 0 Å². The summed E-state index contributed by atoms with van der Waals surface area (Å²) < 4.78 is 12.0. The monoisotopic (exact) mass is 250 g/mol. The molecule has 0 amide bonds. The fraction of sp³-hybridized carbons (Fsp3) is 0.769. The molecule has 2 N–H and O–H groups in total. The summed E-state index contributed by atoms with van der Waals surface area (Å²) in [6.07, 6.45) is 4.87. The lowest BCUT2D eigenvalue weighted by molar-refractivity contribution is 0.00578. The number of nitrogens with two attached hydrogens (primary N) is 1. The molecule has 2 heterocycles. The smallest absolute Gasteiger partial charge is 0.405 e. The molecule has 0 aromatic rings.